The molecular weight excluding hydrogens is 328 g/mol. The van der Waals surface area contributed by atoms with Gasteiger partial charge < -0.3 is 20.9 Å². The molecule has 0 saturated carbocycles. The Bertz CT molecular complexity index is 738. The molecule has 5 N–H and O–H groups in total. The first kappa shape index (κ1) is 18.1. The molecule has 1 saturated heterocycles. The van der Waals surface area contributed by atoms with Crippen LogP contribution in [0, 0.1) is 0 Å². The first-order valence-corrected chi connectivity index (χ1v) is 9.01. The van der Waals surface area contributed by atoms with E-state index in [0.717, 1.165) is 32.7 Å². The van der Waals surface area contributed by atoms with E-state index in [4.69, 9.17) is 5.73 Å². The zero-order valence-corrected chi connectivity index (χ0v) is 14.8. The highest BCUT2D eigenvalue weighted by Crippen LogP contribution is 2.08. The molecule has 3 rings (SSSR count). The van der Waals surface area contributed by atoms with Crippen LogP contribution in [0.25, 0.3) is 0 Å². The van der Waals surface area contributed by atoms with Crippen molar-refractivity contribution in [3.05, 3.63) is 65.7 Å². The van der Waals surface area contributed by atoms with Gasteiger partial charge >= 0.3 is 0 Å². The van der Waals surface area contributed by atoms with Gasteiger partial charge in [-0.05, 0) is 24.3 Å². The van der Waals surface area contributed by atoms with Crippen molar-refractivity contribution >= 4 is 17.5 Å². The smallest absolute Gasteiger partial charge is 0.279 e. The minimum atomic E-state index is -0.469. The lowest BCUT2D eigenvalue weighted by molar-refractivity contribution is -1.02. The minimum Gasteiger partial charge on any atom is -0.366 e. The maximum atomic E-state index is 12.2. The summed E-state index contributed by atoms with van der Waals surface area (Å²) in [6, 6.07) is 17.2. The highest BCUT2D eigenvalue weighted by molar-refractivity contribution is 5.95. The molecule has 1 aliphatic rings. The fourth-order valence-electron chi connectivity index (χ4n) is 3.35. The Kier molecular flexibility index (Phi) is 5.99. The largest absolute Gasteiger partial charge is 0.366 e. The molecule has 6 heteroatoms. The zero-order chi connectivity index (χ0) is 18.4. The van der Waals surface area contributed by atoms with E-state index in [-0.39, 0.29) is 5.91 Å². The average Bonchev–Trinajstić information content (AvgIpc) is 2.64. The third kappa shape index (κ3) is 5.15. The van der Waals surface area contributed by atoms with Crippen LogP contribution in [0.1, 0.15) is 15.9 Å². The van der Waals surface area contributed by atoms with Gasteiger partial charge in [-0.2, -0.15) is 0 Å². The minimum absolute atomic E-state index is 0.00154. The van der Waals surface area contributed by atoms with Gasteiger partial charge in [0.2, 0.25) is 5.91 Å². The van der Waals surface area contributed by atoms with Gasteiger partial charge in [0, 0.05) is 16.8 Å². The number of quaternary nitrogens is 2. The topological polar surface area (TPSA) is 81.1 Å². The predicted octanol–water partition coefficient (Wildman–Crippen LogP) is -1.29. The van der Waals surface area contributed by atoms with Gasteiger partial charge in [-0.3, -0.25) is 9.59 Å². The van der Waals surface area contributed by atoms with Crippen molar-refractivity contribution in [2.24, 2.45) is 5.73 Å². The maximum absolute atomic E-state index is 12.2. The van der Waals surface area contributed by atoms with Crippen molar-refractivity contribution in [2.45, 2.75) is 6.54 Å². The second-order valence-electron chi connectivity index (χ2n) is 6.83. The van der Waals surface area contributed by atoms with Gasteiger partial charge in [-0.1, -0.05) is 30.3 Å². The summed E-state index contributed by atoms with van der Waals surface area (Å²) >= 11 is 0. The lowest BCUT2D eigenvalue weighted by atomic mass is 10.2. The zero-order valence-electron chi connectivity index (χ0n) is 14.8. The van der Waals surface area contributed by atoms with E-state index >= 15 is 0 Å². The van der Waals surface area contributed by atoms with Crippen LogP contribution < -0.4 is 20.9 Å². The number of carbonyl (C=O) groups excluding carboxylic acids is 2. The van der Waals surface area contributed by atoms with E-state index in [0.29, 0.717) is 17.8 Å². The summed E-state index contributed by atoms with van der Waals surface area (Å²) in [5.41, 5.74) is 7.70. The van der Waals surface area contributed by atoms with Crippen LogP contribution in [0.5, 0.6) is 0 Å². The third-order valence-corrected chi connectivity index (χ3v) is 4.82. The van der Waals surface area contributed by atoms with Crippen molar-refractivity contribution in [3.63, 3.8) is 0 Å². The molecule has 2 amide bonds. The number of amides is 2. The summed E-state index contributed by atoms with van der Waals surface area (Å²) in [6.45, 7) is 5.66. The molecule has 6 nitrogen and oxygen atoms in total. The van der Waals surface area contributed by atoms with Crippen LogP contribution in [0.4, 0.5) is 5.69 Å². The molecular formula is C20H26N4O2+2. The summed E-state index contributed by atoms with van der Waals surface area (Å²) in [6.07, 6.45) is 0. The Balaban J connectivity index is 1.42. The number of primary amides is 1. The van der Waals surface area contributed by atoms with Gasteiger partial charge in [-0.15, -0.1) is 0 Å². The van der Waals surface area contributed by atoms with Crippen LogP contribution in [-0.2, 0) is 11.3 Å². The van der Waals surface area contributed by atoms with Crippen molar-refractivity contribution in [3.8, 4) is 0 Å². The summed E-state index contributed by atoms with van der Waals surface area (Å²) in [4.78, 5) is 26.2. The number of hydrogen-bond donors (Lipinski definition) is 4. The molecule has 1 aliphatic heterocycles. The first-order chi connectivity index (χ1) is 12.6. The summed E-state index contributed by atoms with van der Waals surface area (Å²) in [5, 5.41) is 2.89. The van der Waals surface area contributed by atoms with Gasteiger partial charge in [0.15, 0.2) is 6.54 Å². The molecule has 0 atom stereocenters. The summed E-state index contributed by atoms with van der Waals surface area (Å²) in [5.74, 6) is -0.471. The molecule has 1 fully saturated rings. The third-order valence-electron chi connectivity index (χ3n) is 4.82. The highest BCUT2D eigenvalue weighted by Gasteiger charge is 2.24. The normalized spacial score (nSPS) is 19.7. The van der Waals surface area contributed by atoms with E-state index in [9.17, 15) is 9.59 Å². The number of benzene rings is 2. The molecule has 1 heterocycles. The van der Waals surface area contributed by atoms with Gasteiger partial charge in [0.25, 0.3) is 5.91 Å². The van der Waals surface area contributed by atoms with E-state index in [1.54, 1.807) is 29.2 Å². The monoisotopic (exact) mass is 354 g/mol. The molecule has 26 heavy (non-hydrogen) atoms. The van der Waals surface area contributed by atoms with Crippen LogP contribution in [0.15, 0.2) is 54.6 Å². The number of anilines is 1. The number of rotatable bonds is 6. The Morgan fingerprint density at radius 1 is 0.885 bits per heavy atom. The molecule has 0 bridgehead atoms. The Morgan fingerprint density at radius 2 is 1.50 bits per heavy atom. The standard InChI is InChI=1S/C20H24N4O2/c21-20(26)17-6-8-18(9-7-17)22-19(25)15-24-12-10-23(11-13-24)14-16-4-2-1-3-5-16/h1-9H,10-15H2,(H2,21,26)(H,22,25)/p+2. The number of carbonyl (C=O) groups is 2. The first-order valence-electron chi connectivity index (χ1n) is 9.01. The molecule has 0 spiro atoms. The van der Waals surface area contributed by atoms with Crippen molar-refractivity contribution in [1.82, 2.24) is 0 Å². The van der Waals surface area contributed by atoms with Crippen molar-refractivity contribution in [2.75, 3.05) is 38.0 Å². The summed E-state index contributed by atoms with van der Waals surface area (Å²) in [7, 11) is 0. The van der Waals surface area contributed by atoms with E-state index in [2.05, 4.69) is 29.6 Å². The van der Waals surface area contributed by atoms with Gasteiger partial charge in [0.05, 0.1) is 0 Å². The van der Waals surface area contributed by atoms with Crippen LogP contribution in [0.2, 0.25) is 0 Å². The van der Waals surface area contributed by atoms with E-state index in [1.807, 2.05) is 6.07 Å². The average molecular weight is 354 g/mol. The number of hydrogen-bond acceptors (Lipinski definition) is 2. The second-order valence-corrected chi connectivity index (χ2v) is 6.83. The van der Waals surface area contributed by atoms with Crippen LogP contribution in [-0.4, -0.2) is 44.5 Å². The Hall–Kier alpha value is -2.70. The van der Waals surface area contributed by atoms with Crippen molar-refractivity contribution < 1.29 is 19.4 Å². The fraction of sp³-hybridized carbons (Fsp3) is 0.300. The fourth-order valence-corrected chi connectivity index (χ4v) is 3.35. The van der Waals surface area contributed by atoms with Gasteiger partial charge in [-0.25, -0.2) is 0 Å². The van der Waals surface area contributed by atoms with E-state index in [1.165, 1.54) is 10.5 Å². The Morgan fingerprint density at radius 3 is 2.12 bits per heavy atom. The molecule has 136 valence electrons. The molecule has 0 aliphatic carbocycles. The lowest BCUT2D eigenvalue weighted by Crippen LogP contribution is -3.28. The molecule has 0 unspecified atom stereocenters. The SMILES string of the molecule is NC(=O)c1ccc(NC(=O)C[NH+]2CC[NH+](Cc3ccccc3)CC2)cc1. The number of nitrogens with two attached hydrogens (primary N) is 1. The Labute approximate surface area is 153 Å². The number of piperazine rings is 1. The molecule has 2 aromatic rings. The van der Waals surface area contributed by atoms with Crippen molar-refractivity contribution in [1.29, 1.82) is 0 Å². The van der Waals surface area contributed by atoms with Crippen LogP contribution in [0.3, 0.4) is 0 Å². The van der Waals surface area contributed by atoms with Gasteiger partial charge in [0.1, 0.15) is 32.7 Å². The number of nitrogens with one attached hydrogen (secondary N) is 3. The predicted molar refractivity (Wildman–Crippen MR) is 100.0 cm³/mol. The van der Waals surface area contributed by atoms with E-state index < -0.39 is 5.91 Å². The second kappa shape index (κ2) is 8.60. The quantitative estimate of drug-likeness (QED) is 0.521. The highest BCUT2D eigenvalue weighted by atomic mass is 16.2. The molecule has 0 aromatic heterocycles. The summed E-state index contributed by atoms with van der Waals surface area (Å²) < 4.78 is 0. The lowest BCUT2D eigenvalue weighted by Gasteiger charge is -2.29. The molecule has 0 radical (unpaired) electrons. The molecule has 2 aromatic carbocycles. The van der Waals surface area contributed by atoms with Crippen LogP contribution >= 0.6 is 0 Å². The maximum Gasteiger partial charge on any atom is 0.279 e.